The smallest absolute Gasteiger partial charge is 0.133 e. The second kappa shape index (κ2) is 8.18. The number of hydrogen-bond acceptors (Lipinski definition) is 5. The highest BCUT2D eigenvalue weighted by atomic mass is 33.1. The van der Waals surface area contributed by atoms with Crippen LogP contribution in [-0.2, 0) is 6.54 Å². The number of methoxy groups -OCH3 is 1. The Balaban J connectivity index is 1.94. The molecule has 0 radical (unpaired) electrons. The fourth-order valence-electron chi connectivity index (χ4n) is 2.34. The van der Waals surface area contributed by atoms with E-state index in [0.717, 1.165) is 22.0 Å². The molecule has 0 saturated heterocycles. The van der Waals surface area contributed by atoms with Crippen LogP contribution in [0.5, 0.6) is 5.75 Å². The van der Waals surface area contributed by atoms with Gasteiger partial charge in [-0.2, -0.15) is 0 Å². The van der Waals surface area contributed by atoms with E-state index in [9.17, 15) is 0 Å². The molecule has 0 atom stereocenters. The molecule has 6 heteroatoms. The average molecular weight is 386 g/mol. The molecule has 0 aliphatic rings. The first-order valence-corrected chi connectivity index (χ1v) is 10.6. The summed E-state index contributed by atoms with van der Waals surface area (Å²) in [6.07, 6.45) is 0. The van der Waals surface area contributed by atoms with Gasteiger partial charge in [-0.3, -0.25) is 0 Å². The summed E-state index contributed by atoms with van der Waals surface area (Å²) >= 11 is 0. The molecule has 26 heavy (non-hydrogen) atoms. The fraction of sp³-hybridized carbons (Fsp3) is 0.300. The van der Waals surface area contributed by atoms with Crippen molar-refractivity contribution in [1.82, 2.24) is 15.0 Å². The minimum Gasteiger partial charge on any atom is -0.497 e. The Kier molecular flexibility index (Phi) is 5.94. The first-order valence-electron chi connectivity index (χ1n) is 8.44. The zero-order chi connectivity index (χ0) is 18.6. The van der Waals surface area contributed by atoms with Gasteiger partial charge in [0, 0.05) is 10.3 Å². The van der Waals surface area contributed by atoms with Gasteiger partial charge < -0.3 is 4.74 Å². The van der Waals surface area contributed by atoms with Crippen LogP contribution >= 0.6 is 21.6 Å². The van der Waals surface area contributed by atoms with Crippen LogP contribution in [0.2, 0.25) is 0 Å². The minimum absolute atomic E-state index is 0.143. The number of benzene rings is 2. The Morgan fingerprint density at radius 1 is 1.00 bits per heavy atom. The number of nitrogens with zero attached hydrogens (tertiary/aromatic N) is 3. The number of hydrogen-bond donors (Lipinski definition) is 0. The lowest BCUT2D eigenvalue weighted by Crippen LogP contribution is -2.06. The Hall–Kier alpha value is -1.92. The van der Waals surface area contributed by atoms with Gasteiger partial charge in [0.05, 0.1) is 13.7 Å². The van der Waals surface area contributed by atoms with Gasteiger partial charge in [-0.25, -0.2) is 4.68 Å². The van der Waals surface area contributed by atoms with Crippen molar-refractivity contribution >= 4 is 21.6 Å². The predicted molar refractivity (Wildman–Crippen MR) is 111 cm³/mol. The van der Waals surface area contributed by atoms with Crippen molar-refractivity contribution in [2.75, 3.05) is 7.11 Å². The Morgan fingerprint density at radius 3 is 2.31 bits per heavy atom. The molecule has 0 spiro atoms. The lowest BCUT2D eigenvalue weighted by atomic mass is 10.1. The second-order valence-electron chi connectivity index (χ2n) is 6.89. The van der Waals surface area contributed by atoms with Gasteiger partial charge in [-0.15, -0.1) is 5.10 Å². The van der Waals surface area contributed by atoms with Gasteiger partial charge in [0.1, 0.15) is 16.5 Å². The first-order chi connectivity index (χ1) is 12.5. The lowest BCUT2D eigenvalue weighted by molar-refractivity contribution is 0.415. The van der Waals surface area contributed by atoms with Crippen molar-refractivity contribution in [3.63, 3.8) is 0 Å². The van der Waals surface area contributed by atoms with E-state index in [1.807, 2.05) is 57.9 Å². The van der Waals surface area contributed by atoms with Gasteiger partial charge in [0.2, 0.25) is 0 Å². The van der Waals surface area contributed by atoms with Crippen LogP contribution in [0.15, 0.2) is 59.6 Å². The molecule has 0 amide bonds. The number of rotatable bonds is 6. The summed E-state index contributed by atoms with van der Waals surface area (Å²) in [7, 11) is 5.23. The molecular formula is C20H23N3OS2. The van der Waals surface area contributed by atoms with E-state index in [1.54, 1.807) is 17.9 Å². The second-order valence-corrected chi connectivity index (χ2v) is 9.84. The molecule has 4 nitrogen and oxygen atoms in total. The molecule has 0 bridgehead atoms. The molecule has 2 aromatic carbocycles. The highest BCUT2D eigenvalue weighted by molar-refractivity contribution is 8.77. The van der Waals surface area contributed by atoms with E-state index in [1.165, 1.54) is 5.56 Å². The molecule has 0 saturated carbocycles. The normalized spacial score (nSPS) is 11.5. The molecule has 136 valence electrons. The zero-order valence-electron chi connectivity index (χ0n) is 15.5. The SMILES string of the molecule is COc1ccc(-c2nnn(Cc3ccccc3)c2SSC(C)(C)C)cc1. The predicted octanol–water partition coefficient (Wildman–Crippen LogP) is 5.54. The van der Waals surface area contributed by atoms with Crippen LogP contribution in [0.25, 0.3) is 11.3 Å². The molecule has 0 aliphatic carbocycles. The Bertz CT molecular complexity index is 840. The van der Waals surface area contributed by atoms with Crippen LogP contribution in [-0.4, -0.2) is 26.9 Å². The summed E-state index contributed by atoms with van der Waals surface area (Å²) < 4.78 is 7.39. The van der Waals surface area contributed by atoms with Crippen molar-refractivity contribution in [2.45, 2.75) is 37.1 Å². The highest BCUT2D eigenvalue weighted by Crippen LogP contribution is 2.43. The number of ether oxygens (including phenoxy) is 1. The van der Waals surface area contributed by atoms with Crippen LogP contribution in [0.3, 0.4) is 0 Å². The molecule has 0 aliphatic heterocycles. The summed E-state index contributed by atoms with van der Waals surface area (Å²) in [6, 6.07) is 18.3. The standard InChI is InChI=1S/C20H23N3OS2/c1-20(2,3)26-25-19-18(16-10-12-17(24-4)13-11-16)21-22-23(19)14-15-8-6-5-7-9-15/h5-13H,14H2,1-4H3. The maximum absolute atomic E-state index is 5.26. The number of aromatic nitrogens is 3. The van der Waals surface area contributed by atoms with E-state index in [-0.39, 0.29) is 4.75 Å². The van der Waals surface area contributed by atoms with Crippen LogP contribution in [0.1, 0.15) is 26.3 Å². The molecule has 0 N–H and O–H groups in total. The van der Waals surface area contributed by atoms with E-state index >= 15 is 0 Å². The van der Waals surface area contributed by atoms with Crippen molar-refractivity contribution in [1.29, 1.82) is 0 Å². The average Bonchev–Trinajstić information content (AvgIpc) is 3.03. The molecular weight excluding hydrogens is 362 g/mol. The van der Waals surface area contributed by atoms with E-state index in [0.29, 0.717) is 6.54 Å². The Morgan fingerprint density at radius 2 is 1.69 bits per heavy atom. The molecule has 3 aromatic rings. The molecule has 3 rings (SSSR count). The summed E-state index contributed by atoms with van der Waals surface area (Å²) in [5, 5.41) is 9.98. The van der Waals surface area contributed by atoms with Crippen molar-refractivity contribution in [3.8, 4) is 17.0 Å². The van der Waals surface area contributed by atoms with Crippen LogP contribution in [0.4, 0.5) is 0 Å². The lowest BCUT2D eigenvalue weighted by Gasteiger charge is -2.17. The van der Waals surface area contributed by atoms with Gasteiger partial charge in [0.25, 0.3) is 0 Å². The van der Waals surface area contributed by atoms with Crippen molar-refractivity contribution < 1.29 is 4.74 Å². The largest absolute Gasteiger partial charge is 0.497 e. The highest BCUT2D eigenvalue weighted by Gasteiger charge is 2.20. The van der Waals surface area contributed by atoms with Crippen molar-refractivity contribution in [2.24, 2.45) is 0 Å². The zero-order valence-corrected chi connectivity index (χ0v) is 17.1. The molecule has 1 aromatic heterocycles. The quantitative estimate of drug-likeness (QED) is 0.521. The fourth-order valence-corrected chi connectivity index (χ4v) is 4.58. The third-order valence-electron chi connectivity index (χ3n) is 3.60. The minimum atomic E-state index is 0.143. The first kappa shape index (κ1) is 18.9. The third kappa shape index (κ3) is 4.83. The summed E-state index contributed by atoms with van der Waals surface area (Å²) in [5.74, 6) is 0.837. The summed E-state index contributed by atoms with van der Waals surface area (Å²) in [4.78, 5) is 0. The third-order valence-corrected chi connectivity index (χ3v) is 6.97. The van der Waals surface area contributed by atoms with E-state index in [2.05, 4.69) is 43.2 Å². The topological polar surface area (TPSA) is 39.9 Å². The van der Waals surface area contributed by atoms with Gasteiger partial charge in [-0.05, 0) is 40.6 Å². The maximum Gasteiger partial charge on any atom is 0.133 e. The summed E-state index contributed by atoms with van der Waals surface area (Å²) in [5.41, 5.74) is 3.16. The van der Waals surface area contributed by atoms with Crippen molar-refractivity contribution in [3.05, 3.63) is 60.2 Å². The van der Waals surface area contributed by atoms with Crippen LogP contribution < -0.4 is 4.74 Å². The van der Waals surface area contributed by atoms with Crippen LogP contribution in [0, 0.1) is 0 Å². The van der Waals surface area contributed by atoms with E-state index < -0.39 is 0 Å². The summed E-state index contributed by atoms with van der Waals surface area (Å²) in [6.45, 7) is 7.34. The molecule has 0 unspecified atom stereocenters. The van der Waals surface area contributed by atoms with Gasteiger partial charge in [0.15, 0.2) is 0 Å². The maximum atomic E-state index is 5.26. The molecule has 1 heterocycles. The molecule has 0 fully saturated rings. The van der Waals surface area contributed by atoms with E-state index in [4.69, 9.17) is 4.74 Å². The van der Waals surface area contributed by atoms with Gasteiger partial charge in [-0.1, -0.05) is 67.1 Å². The Labute approximate surface area is 162 Å². The van der Waals surface area contributed by atoms with Gasteiger partial charge >= 0.3 is 0 Å². The monoisotopic (exact) mass is 385 g/mol.